The van der Waals surface area contributed by atoms with Crippen molar-refractivity contribution in [1.29, 1.82) is 0 Å². The molecule has 1 aromatic rings. The number of nitrogens with zero attached hydrogens (tertiary/aromatic N) is 1. The smallest absolute Gasteiger partial charge is 0.166 e. The molecule has 1 aliphatic rings. The number of hydrogen-bond donors (Lipinski definition) is 2. The van der Waals surface area contributed by atoms with Gasteiger partial charge < -0.3 is 5.73 Å². The Morgan fingerprint density at radius 2 is 1.76 bits per heavy atom. The molecule has 1 saturated heterocycles. The number of carbonyl (C=O) groups excluding carboxylic acids is 1. The topological polar surface area (TPSA) is 72.4 Å². The van der Waals surface area contributed by atoms with Crippen molar-refractivity contribution in [3.05, 3.63) is 28.8 Å². The lowest BCUT2D eigenvalue weighted by molar-refractivity contribution is -0.0466. The molecule has 1 heterocycles. The Balaban J connectivity index is 2.29. The fraction of sp³-hybridized carbons (Fsp3) is 0.562. The predicted molar refractivity (Wildman–Crippen MR) is 87.1 cm³/mol. The Kier molecular flexibility index (Phi) is 4.08. The number of rotatable bonds is 2. The summed E-state index contributed by atoms with van der Waals surface area (Å²) >= 11 is 5.92. The Morgan fingerprint density at radius 1 is 1.24 bits per heavy atom. The molecular weight excluding hydrogens is 286 g/mol. The van der Waals surface area contributed by atoms with Crippen molar-refractivity contribution in [2.75, 3.05) is 5.73 Å². The molecule has 0 amide bonds. The predicted octanol–water partition coefficient (Wildman–Crippen LogP) is 3.25. The van der Waals surface area contributed by atoms with Gasteiger partial charge in [-0.1, -0.05) is 11.6 Å². The molecule has 4 N–H and O–H groups in total. The first-order valence-electron chi connectivity index (χ1n) is 7.19. The molecule has 116 valence electrons. The number of anilines is 1. The van der Waals surface area contributed by atoms with Gasteiger partial charge >= 0.3 is 0 Å². The van der Waals surface area contributed by atoms with Crippen LogP contribution in [-0.2, 0) is 0 Å². The van der Waals surface area contributed by atoms with Crippen molar-refractivity contribution < 1.29 is 4.79 Å². The summed E-state index contributed by atoms with van der Waals surface area (Å²) in [5, 5.41) is 2.35. The number of carbonyl (C=O) groups is 1. The molecule has 0 saturated carbocycles. The Hall–Kier alpha value is -1.10. The highest BCUT2D eigenvalue weighted by molar-refractivity contribution is 6.33. The van der Waals surface area contributed by atoms with E-state index in [0.717, 1.165) is 12.8 Å². The fourth-order valence-electron chi connectivity index (χ4n) is 3.41. The number of halogens is 1. The summed E-state index contributed by atoms with van der Waals surface area (Å²) in [7, 11) is 0. The molecule has 0 atom stereocenters. The van der Waals surface area contributed by atoms with Crippen LogP contribution in [0.2, 0.25) is 5.02 Å². The van der Waals surface area contributed by atoms with Gasteiger partial charge in [-0.15, -0.1) is 0 Å². The van der Waals surface area contributed by atoms with Crippen LogP contribution in [0.15, 0.2) is 18.2 Å². The van der Waals surface area contributed by atoms with Crippen LogP contribution < -0.4 is 11.6 Å². The number of benzene rings is 1. The van der Waals surface area contributed by atoms with Crippen molar-refractivity contribution in [2.24, 2.45) is 11.8 Å². The van der Waals surface area contributed by atoms with E-state index in [9.17, 15) is 4.79 Å². The van der Waals surface area contributed by atoms with Crippen molar-refractivity contribution >= 4 is 23.1 Å². The summed E-state index contributed by atoms with van der Waals surface area (Å²) in [5.74, 6) is 6.28. The molecule has 1 aromatic carbocycles. The minimum Gasteiger partial charge on any atom is -0.398 e. The number of nitrogen functional groups attached to an aromatic ring is 1. The second-order valence-corrected chi connectivity index (χ2v) is 7.61. The highest BCUT2D eigenvalue weighted by atomic mass is 35.5. The first kappa shape index (κ1) is 16.3. The quantitative estimate of drug-likeness (QED) is 0.500. The molecule has 0 radical (unpaired) electrons. The highest BCUT2D eigenvalue weighted by Gasteiger charge is 2.46. The van der Waals surface area contributed by atoms with E-state index >= 15 is 0 Å². The van der Waals surface area contributed by atoms with E-state index in [1.807, 2.05) is 5.01 Å². The lowest BCUT2D eigenvalue weighted by Crippen LogP contribution is -2.64. The zero-order chi connectivity index (χ0) is 16.0. The van der Waals surface area contributed by atoms with Gasteiger partial charge in [0, 0.05) is 22.6 Å². The highest BCUT2D eigenvalue weighted by Crippen LogP contribution is 2.40. The minimum atomic E-state index is -0.222. The lowest BCUT2D eigenvalue weighted by Gasteiger charge is -2.52. The second-order valence-electron chi connectivity index (χ2n) is 7.20. The largest absolute Gasteiger partial charge is 0.398 e. The van der Waals surface area contributed by atoms with Gasteiger partial charge in [0.25, 0.3) is 0 Å². The van der Waals surface area contributed by atoms with E-state index in [2.05, 4.69) is 27.7 Å². The van der Waals surface area contributed by atoms with Gasteiger partial charge in [-0.2, -0.15) is 0 Å². The third-order valence-corrected chi connectivity index (χ3v) is 4.79. The summed E-state index contributed by atoms with van der Waals surface area (Å²) in [6.07, 6.45) is 1.46. The molecule has 2 rings (SSSR count). The molecule has 1 fully saturated rings. The zero-order valence-electron chi connectivity index (χ0n) is 13.1. The van der Waals surface area contributed by atoms with Crippen LogP contribution in [0.5, 0.6) is 0 Å². The molecule has 0 bridgehead atoms. The minimum absolute atomic E-state index is 0.0598. The first-order chi connectivity index (χ1) is 9.54. The van der Waals surface area contributed by atoms with Crippen LogP contribution in [0.3, 0.4) is 0 Å². The number of hydrazine groups is 1. The summed E-state index contributed by atoms with van der Waals surface area (Å²) in [4.78, 5) is 12.8. The maximum absolute atomic E-state index is 12.8. The molecule has 5 heteroatoms. The maximum atomic E-state index is 12.8. The monoisotopic (exact) mass is 309 g/mol. The normalized spacial score (nSPS) is 22.2. The lowest BCUT2D eigenvalue weighted by atomic mass is 9.72. The van der Waals surface area contributed by atoms with Gasteiger partial charge in [-0.05, 0) is 58.7 Å². The molecule has 0 spiro atoms. The van der Waals surface area contributed by atoms with E-state index in [4.69, 9.17) is 23.2 Å². The SMILES string of the molecule is CC1(C)CC(C(=O)c2ccc(Cl)c(N)c2)CC(C)(C)N1N. The van der Waals surface area contributed by atoms with Gasteiger partial charge in [-0.25, -0.2) is 5.01 Å². The van der Waals surface area contributed by atoms with Gasteiger partial charge in [0.1, 0.15) is 0 Å². The van der Waals surface area contributed by atoms with Gasteiger partial charge in [0.2, 0.25) is 0 Å². The molecular formula is C16H24ClN3O. The fourth-order valence-corrected chi connectivity index (χ4v) is 3.53. The van der Waals surface area contributed by atoms with E-state index in [1.165, 1.54) is 0 Å². The number of nitrogens with two attached hydrogens (primary N) is 2. The van der Waals surface area contributed by atoms with Gasteiger partial charge in [0.15, 0.2) is 5.78 Å². The summed E-state index contributed by atoms with van der Waals surface area (Å²) in [6, 6.07) is 5.09. The molecule has 4 nitrogen and oxygen atoms in total. The number of ketones is 1. The van der Waals surface area contributed by atoms with Crippen molar-refractivity contribution in [1.82, 2.24) is 5.01 Å². The van der Waals surface area contributed by atoms with E-state index in [0.29, 0.717) is 16.3 Å². The average molecular weight is 310 g/mol. The van der Waals surface area contributed by atoms with E-state index in [1.54, 1.807) is 18.2 Å². The summed E-state index contributed by atoms with van der Waals surface area (Å²) in [5.41, 5.74) is 6.43. The second kappa shape index (κ2) is 5.27. The van der Waals surface area contributed by atoms with Crippen LogP contribution in [0.25, 0.3) is 0 Å². The van der Waals surface area contributed by atoms with Crippen LogP contribution in [0.1, 0.15) is 50.9 Å². The number of piperidine rings is 1. The van der Waals surface area contributed by atoms with E-state index in [-0.39, 0.29) is 22.8 Å². The van der Waals surface area contributed by atoms with Gasteiger partial charge in [-0.3, -0.25) is 10.6 Å². The van der Waals surface area contributed by atoms with Crippen molar-refractivity contribution in [3.8, 4) is 0 Å². The third-order valence-electron chi connectivity index (χ3n) is 4.45. The molecule has 1 aliphatic heterocycles. The third kappa shape index (κ3) is 3.07. The Bertz CT molecular complexity index is 551. The van der Waals surface area contributed by atoms with Crippen molar-refractivity contribution in [2.45, 2.75) is 51.6 Å². The Labute approximate surface area is 131 Å². The standard InChI is InChI=1S/C16H24ClN3O/c1-15(2)8-11(9-16(3,4)20(15)19)14(21)10-5-6-12(17)13(18)7-10/h5-7,11H,8-9,18-19H2,1-4H3. The zero-order valence-corrected chi connectivity index (χ0v) is 13.9. The van der Waals surface area contributed by atoms with Crippen LogP contribution >= 0.6 is 11.6 Å². The molecule has 21 heavy (non-hydrogen) atoms. The number of Topliss-reactive ketones (excluding diaryl/α,β-unsaturated/α-hetero) is 1. The van der Waals surface area contributed by atoms with Gasteiger partial charge in [0.05, 0.1) is 10.7 Å². The first-order valence-corrected chi connectivity index (χ1v) is 7.57. The molecule has 0 aromatic heterocycles. The van der Waals surface area contributed by atoms with Crippen LogP contribution in [-0.4, -0.2) is 21.9 Å². The summed E-state index contributed by atoms with van der Waals surface area (Å²) in [6.45, 7) is 8.30. The molecule has 0 unspecified atom stereocenters. The van der Waals surface area contributed by atoms with E-state index < -0.39 is 0 Å². The number of hydrogen-bond acceptors (Lipinski definition) is 4. The summed E-state index contributed by atoms with van der Waals surface area (Å²) < 4.78 is 0. The average Bonchev–Trinajstić information content (AvgIpc) is 2.37. The molecule has 0 aliphatic carbocycles. The maximum Gasteiger partial charge on any atom is 0.166 e. The van der Waals surface area contributed by atoms with Crippen molar-refractivity contribution in [3.63, 3.8) is 0 Å². The van der Waals surface area contributed by atoms with Crippen LogP contribution in [0, 0.1) is 5.92 Å². The Morgan fingerprint density at radius 3 is 2.24 bits per heavy atom. The van der Waals surface area contributed by atoms with Crippen LogP contribution in [0.4, 0.5) is 5.69 Å².